The molecule has 0 bridgehead atoms. The highest BCUT2D eigenvalue weighted by molar-refractivity contribution is 5.95. The second kappa shape index (κ2) is 11.5. The van der Waals surface area contributed by atoms with Crippen LogP contribution in [-0.2, 0) is 14.4 Å². The lowest BCUT2D eigenvalue weighted by Crippen LogP contribution is -2.47. The third kappa shape index (κ3) is 6.08. The molecule has 2 fully saturated rings. The van der Waals surface area contributed by atoms with Crippen molar-refractivity contribution in [2.24, 2.45) is 5.41 Å². The van der Waals surface area contributed by atoms with E-state index in [9.17, 15) is 14.4 Å². The van der Waals surface area contributed by atoms with Crippen LogP contribution in [0.25, 0.3) is 0 Å². The Morgan fingerprint density at radius 3 is 2.60 bits per heavy atom. The number of nitrogens with one attached hydrogen (secondary N) is 1. The number of likely N-dealkylation sites (tertiary alicyclic amines) is 1. The highest BCUT2D eigenvalue weighted by atomic mass is 16.8. The molecule has 2 aromatic carbocycles. The average Bonchev–Trinajstić information content (AvgIpc) is 3.50. The summed E-state index contributed by atoms with van der Waals surface area (Å²) in [6, 6.07) is 13.9. The van der Waals surface area contributed by atoms with Gasteiger partial charge in [-0.2, -0.15) is 0 Å². The summed E-state index contributed by atoms with van der Waals surface area (Å²) >= 11 is 0. The van der Waals surface area contributed by atoms with E-state index < -0.39 is 24.6 Å². The first kappa shape index (κ1) is 27.9. The standard InChI is InChI=1S/C30H37N3O7/c1-5-6-12-22(26(34)28-33(40-28)19(2)20-10-8-7-9-11-20)31-29(36)39-25-16-30(3,4)17-32(25)27(35)21-13-14-23-24(15-21)38-18-37-23/h7-11,13-15,19,22,25,28H,5-6,12,16-18H2,1-4H3,(H,31,36)/t19-,22+,25?,28?,33?/m1/s1. The minimum Gasteiger partial charge on any atom is -0.454 e. The van der Waals surface area contributed by atoms with Crippen LogP contribution in [0.4, 0.5) is 4.79 Å². The molecule has 2 aromatic rings. The van der Waals surface area contributed by atoms with E-state index in [4.69, 9.17) is 19.0 Å². The number of hydrogen-bond acceptors (Lipinski definition) is 8. The van der Waals surface area contributed by atoms with Crippen LogP contribution in [0.1, 0.15) is 75.3 Å². The quantitative estimate of drug-likeness (QED) is 0.420. The Kier molecular flexibility index (Phi) is 8.00. The Hall–Kier alpha value is -3.63. The van der Waals surface area contributed by atoms with Crippen molar-refractivity contribution >= 4 is 17.8 Å². The molecule has 0 aromatic heterocycles. The number of ether oxygens (including phenoxy) is 3. The zero-order valence-corrected chi connectivity index (χ0v) is 23.4. The molecule has 10 heteroatoms. The van der Waals surface area contributed by atoms with E-state index in [0.29, 0.717) is 36.4 Å². The molecule has 0 aliphatic carbocycles. The number of Topliss-reactive ketones (excluding diaryl/α,β-unsaturated/α-hetero) is 1. The third-order valence-electron chi connectivity index (χ3n) is 7.59. The van der Waals surface area contributed by atoms with Gasteiger partial charge in [-0.05, 0) is 42.5 Å². The van der Waals surface area contributed by atoms with E-state index in [1.54, 1.807) is 28.2 Å². The Bertz CT molecular complexity index is 1250. The number of ketones is 1. The van der Waals surface area contributed by atoms with Crippen molar-refractivity contribution in [3.05, 3.63) is 59.7 Å². The Labute approximate surface area is 234 Å². The molecular formula is C30H37N3O7. The Balaban J connectivity index is 1.23. The van der Waals surface area contributed by atoms with E-state index >= 15 is 0 Å². The van der Waals surface area contributed by atoms with Crippen molar-refractivity contribution < 1.29 is 33.4 Å². The monoisotopic (exact) mass is 551 g/mol. The van der Waals surface area contributed by atoms with Crippen LogP contribution in [-0.4, -0.2) is 59.6 Å². The van der Waals surface area contributed by atoms with Crippen LogP contribution < -0.4 is 14.8 Å². The molecule has 2 amide bonds. The first-order valence-corrected chi connectivity index (χ1v) is 13.9. The average molecular weight is 552 g/mol. The number of hydroxylamine groups is 2. The fourth-order valence-electron chi connectivity index (χ4n) is 5.32. The lowest BCUT2D eigenvalue weighted by molar-refractivity contribution is -0.122. The van der Waals surface area contributed by atoms with Crippen LogP contribution in [0, 0.1) is 5.41 Å². The van der Waals surface area contributed by atoms with Gasteiger partial charge in [-0.1, -0.05) is 63.9 Å². The molecule has 0 radical (unpaired) electrons. The summed E-state index contributed by atoms with van der Waals surface area (Å²) in [7, 11) is 0. The molecule has 10 nitrogen and oxygen atoms in total. The molecule has 3 aliphatic heterocycles. The van der Waals surface area contributed by atoms with Gasteiger partial charge < -0.3 is 24.4 Å². The Morgan fingerprint density at radius 2 is 1.85 bits per heavy atom. The van der Waals surface area contributed by atoms with Gasteiger partial charge in [0.2, 0.25) is 18.8 Å². The zero-order valence-electron chi connectivity index (χ0n) is 23.4. The van der Waals surface area contributed by atoms with Gasteiger partial charge in [0.1, 0.15) is 0 Å². The summed E-state index contributed by atoms with van der Waals surface area (Å²) < 4.78 is 16.6. The number of carbonyl (C=O) groups excluding carboxylic acids is 3. The molecule has 2 saturated heterocycles. The summed E-state index contributed by atoms with van der Waals surface area (Å²) in [4.78, 5) is 47.1. The molecule has 5 atom stereocenters. The summed E-state index contributed by atoms with van der Waals surface area (Å²) in [5, 5.41) is 4.42. The van der Waals surface area contributed by atoms with Crippen molar-refractivity contribution in [1.82, 2.24) is 15.3 Å². The smallest absolute Gasteiger partial charge is 0.409 e. The molecule has 40 heavy (non-hydrogen) atoms. The van der Waals surface area contributed by atoms with E-state index in [-0.39, 0.29) is 29.9 Å². The topological polar surface area (TPSA) is 110 Å². The van der Waals surface area contributed by atoms with Crippen molar-refractivity contribution in [1.29, 1.82) is 0 Å². The van der Waals surface area contributed by atoms with Crippen LogP contribution in [0.2, 0.25) is 0 Å². The van der Waals surface area contributed by atoms with Gasteiger partial charge in [0.25, 0.3) is 5.91 Å². The van der Waals surface area contributed by atoms with E-state index in [1.807, 2.05) is 58.0 Å². The molecule has 1 N–H and O–H groups in total. The van der Waals surface area contributed by atoms with Crippen molar-refractivity contribution in [3.8, 4) is 11.5 Å². The first-order valence-electron chi connectivity index (χ1n) is 13.9. The van der Waals surface area contributed by atoms with Crippen LogP contribution >= 0.6 is 0 Å². The zero-order chi connectivity index (χ0) is 28.4. The fourth-order valence-corrected chi connectivity index (χ4v) is 5.32. The molecule has 214 valence electrons. The van der Waals surface area contributed by atoms with Crippen LogP contribution in [0.15, 0.2) is 48.5 Å². The normalized spacial score (nSPS) is 23.8. The van der Waals surface area contributed by atoms with Gasteiger partial charge in [-0.15, -0.1) is 5.06 Å². The minimum atomic E-state index is -0.776. The number of unbranched alkanes of at least 4 members (excludes halogenated alkanes) is 1. The number of alkyl carbamates (subject to hydrolysis) is 1. The summed E-state index contributed by atoms with van der Waals surface area (Å²) in [5.41, 5.74) is 1.20. The van der Waals surface area contributed by atoms with Crippen LogP contribution in [0.5, 0.6) is 11.5 Å². The highest BCUT2D eigenvalue weighted by Crippen LogP contribution is 2.38. The number of rotatable bonds is 10. The summed E-state index contributed by atoms with van der Waals surface area (Å²) in [6.07, 6.45) is 0.317. The van der Waals surface area contributed by atoms with Gasteiger partial charge in [-0.25, -0.2) is 4.79 Å². The summed E-state index contributed by atoms with van der Waals surface area (Å²) in [6.45, 7) is 8.57. The molecule has 3 heterocycles. The second-order valence-corrected chi connectivity index (χ2v) is 11.4. The lowest BCUT2D eigenvalue weighted by Gasteiger charge is -2.26. The van der Waals surface area contributed by atoms with Crippen molar-refractivity contribution in [2.75, 3.05) is 13.3 Å². The van der Waals surface area contributed by atoms with Gasteiger partial charge in [-0.3, -0.25) is 14.4 Å². The van der Waals surface area contributed by atoms with Gasteiger partial charge >= 0.3 is 6.09 Å². The predicted octanol–water partition coefficient (Wildman–Crippen LogP) is 4.80. The van der Waals surface area contributed by atoms with Gasteiger partial charge in [0.15, 0.2) is 17.7 Å². The Morgan fingerprint density at radius 1 is 1.10 bits per heavy atom. The van der Waals surface area contributed by atoms with Crippen molar-refractivity contribution in [3.63, 3.8) is 0 Å². The maximum absolute atomic E-state index is 13.5. The number of benzene rings is 2. The van der Waals surface area contributed by atoms with E-state index in [2.05, 4.69) is 5.32 Å². The molecule has 0 saturated carbocycles. The highest BCUT2D eigenvalue weighted by Gasteiger charge is 2.49. The number of fused-ring (bicyclic) bond motifs is 1. The lowest BCUT2D eigenvalue weighted by atomic mass is 9.93. The van der Waals surface area contributed by atoms with E-state index in [1.165, 1.54) is 0 Å². The number of nitrogens with zero attached hydrogens (tertiary/aromatic N) is 2. The fraction of sp³-hybridized carbons (Fsp3) is 0.500. The number of hydrogen-bond donors (Lipinski definition) is 1. The summed E-state index contributed by atoms with van der Waals surface area (Å²) in [5.74, 6) is 0.616. The number of amides is 2. The molecule has 5 rings (SSSR count). The van der Waals surface area contributed by atoms with Gasteiger partial charge in [0.05, 0.1) is 12.1 Å². The number of carbonyl (C=O) groups is 3. The first-order chi connectivity index (χ1) is 19.2. The van der Waals surface area contributed by atoms with E-state index in [0.717, 1.165) is 18.4 Å². The SMILES string of the molecule is CCCC[C@H](NC(=O)OC1CC(C)(C)CN1C(=O)c1ccc2c(c1)OCO2)C(=O)C1ON1[C@H](C)c1ccccc1. The molecule has 3 unspecified atom stereocenters. The molecule has 3 aliphatic rings. The van der Waals surface area contributed by atoms with Crippen LogP contribution in [0.3, 0.4) is 0 Å². The molecular weight excluding hydrogens is 514 g/mol. The maximum atomic E-state index is 13.5. The molecule has 0 spiro atoms. The minimum absolute atomic E-state index is 0.106. The second-order valence-electron chi connectivity index (χ2n) is 11.4. The maximum Gasteiger partial charge on any atom is 0.409 e. The largest absolute Gasteiger partial charge is 0.454 e. The predicted molar refractivity (Wildman–Crippen MR) is 145 cm³/mol. The van der Waals surface area contributed by atoms with Crippen molar-refractivity contribution in [2.45, 2.75) is 77.9 Å². The van der Waals surface area contributed by atoms with Gasteiger partial charge in [0, 0.05) is 18.5 Å². The third-order valence-corrected chi connectivity index (χ3v) is 7.59.